The molecule has 1 amide bonds. The Hall–Kier alpha value is -4.37. The van der Waals surface area contributed by atoms with Crippen LogP contribution in [0.15, 0.2) is 82.8 Å². The number of hydrogen-bond acceptors (Lipinski definition) is 5. The van der Waals surface area contributed by atoms with Crippen LogP contribution < -0.4 is 14.5 Å². The van der Waals surface area contributed by atoms with Crippen LogP contribution in [0.25, 0.3) is 5.69 Å². The van der Waals surface area contributed by atoms with Crippen molar-refractivity contribution in [2.45, 2.75) is 46.4 Å². The highest BCUT2D eigenvalue weighted by molar-refractivity contribution is 7.92. The van der Waals surface area contributed by atoms with Crippen molar-refractivity contribution in [1.82, 2.24) is 9.99 Å². The molecule has 0 fully saturated rings. The van der Waals surface area contributed by atoms with Crippen molar-refractivity contribution in [3.63, 3.8) is 0 Å². The van der Waals surface area contributed by atoms with E-state index >= 15 is 0 Å². The maximum atomic E-state index is 13.6. The minimum atomic E-state index is -4.06. The Morgan fingerprint density at radius 3 is 2.15 bits per heavy atom. The number of hydrogen-bond donors (Lipinski definition) is 1. The van der Waals surface area contributed by atoms with Gasteiger partial charge in [0, 0.05) is 22.6 Å². The Balaban J connectivity index is 1.55. The quantitative estimate of drug-likeness (QED) is 0.193. The third-order valence-corrected chi connectivity index (χ3v) is 8.45. The molecule has 0 radical (unpaired) electrons. The van der Waals surface area contributed by atoms with Crippen molar-refractivity contribution >= 4 is 27.8 Å². The summed E-state index contributed by atoms with van der Waals surface area (Å²) in [4.78, 5) is 13.1. The van der Waals surface area contributed by atoms with Gasteiger partial charge in [-0.25, -0.2) is 13.8 Å². The molecular formula is C32H36N4O4S. The summed E-state index contributed by atoms with van der Waals surface area (Å²) >= 11 is 0. The van der Waals surface area contributed by atoms with Crippen LogP contribution >= 0.6 is 0 Å². The Morgan fingerprint density at radius 1 is 0.902 bits per heavy atom. The van der Waals surface area contributed by atoms with Gasteiger partial charge in [-0.1, -0.05) is 23.8 Å². The average molecular weight is 573 g/mol. The van der Waals surface area contributed by atoms with E-state index in [1.165, 1.54) is 23.3 Å². The van der Waals surface area contributed by atoms with E-state index in [0.29, 0.717) is 18.0 Å². The molecule has 0 unspecified atom stereocenters. The van der Waals surface area contributed by atoms with Crippen LogP contribution in [0.2, 0.25) is 0 Å². The predicted octanol–water partition coefficient (Wildman–Crippen LogP) is 5.76. The van der Waals surface area contributed by atoms with Crippen LogP contribution in [-0.4, -0.2) is 38.3 Å². The van der Waals surface area contributed by atoms with Gasteiger partial charge in [0.25, 0.3) is 15.9 Å². The summed E-state index contributed by atoms with van der Waals surface area (Å²) in [6, 6.07) is 21.5. The summed E-state index contributed by atoms with van der Waals surface area (Å²) in [7, 11) is -4.06. The third kappa shape index (κ3) is 6.86. The van der Waals surface area contributed by atoms with Crippen molar-refractivity contribution in [2.75, 3.05) is 17.5 Å². The number of sulfonamides is 1. The molecule has 9 heteroatoms. The van der Waals surface area contributed by atoms with Crippen LogP contribution in [0.3, 0.4) is 0 Å². The largest absolute Gasteiger partial charge is 0.494 e. The standard InChI is InChI=1S/C32H36N4O4S/c1-7-40-30-12-14-31(15-13-30)41(38,39)35(28-10-8-22(2)9-11-28)21-32(37)34-33-20-27-19-25(5)36(26(27)6)29-17-23(3)16-24(4)18-29/h8-20H,7,21H2,1-6H3,(H,34,37)/b33-20+. The molecule has 1 N–H and O–H groups in total. The van der Waals surface area contributed by atoms with Gasteiger partial charge in [0.05, 0.1) is 23.4 Å². The summed E-state index contributed by atoms with van der Waals surface area (Å²) in [5.41, 5.74) is 10.1. The minimum absolute atomic E-state index is 0.0525. The Morgan fingerprint density at radius 2 is 1.54 bits per heavy atom. The van der Waals surface area contributed by atoms with Crippen LogP contribution in [0.1, 0.15) is 40.6 Å². The monoisotopic (exact) mass is 572 g/mol. The lowest BCUT2D eigenvalue weighted by molar-refractivity contribution is -0.119. The second kappa shape index (κ2) is 12.4. The number of anilines is 1. The van der Waals surface area contributed by atoms with Gasteiger partial charge in [-0.2, -0.15) is 5.10 Å². The molecule has 214 valence electrons. The predicted molar refractivity (Wildman–Crippen MR) is 164 cm³/mol. The molecule has 4 aromatic rings. The van der Waals surface area contributed by atoms with Gasteiger partial charge in [0.15, 0.2) is 0 Å². The number of nitrogens with zero attached hydrogens (tertiary/aromatic N) is 3. The lowest BCUT2D eigenvalue weighted by Gasteiger charge is -2.24. The molecule has 4 rings (SSSR count). The molecule has 0 atom stereocenters. The second-order valence-electron chi connectivity index (χ2n) is 10.1. The molecule has 41 heavy (non-hydrogen) atoms. The van der Waals surface area contributed by atoms with E-state index in [4.69, 9.17) is 4.74 Å². The lowest BCUT2D eigenvalue weighted by atomic mass is 10.1. The van der Waals surface area contributed by atoms with Gasteiger partial charge in [-0.05, 0) is 107 Å². The fourth-order valence-corrected chi connectivity index (χ4v) is 6.18. The smallest absolute Gasteiger partial charge is 0.264 e. The maximum absolute atomic E-state index is 13.6. The van der Waals surface area contributed by atoms with Crippen molar-refractivity contribution < 1.29 is 17.9 Å². The van der Waals surface area contributed by atoms with E-state index in [-0.39, 0.29) is 4.90 Å². The number of aryl methyl sites for hydroxylation is 4. The molecule has 0 aliphatic heterocycles. The number of ether oxygens (including phenoxy) is 1. The second-order valence-corrected chi connectivity index (χ2v) is 11.9. The van der Waals surface area contributed by atoms with E-state index in [1.807, 2.05) is 33.8 Å². The first-order chi connectivity index (χ1) is 19.5. The molecule has 1 heterocycles. The van der Waals surface area contributed by atoms with E-state index in [1.54, 1.807) is 42.6 Å². The molecular weight excluding hydrogens is 536 g/mol. The van der Waals surface area contributed by atoms with Crippen LogP contribution in [0, 0.1) is 34.6 Å². The number of carbonyl (C=O) groups excluding carboxylic acids is 1. The normalized spacial score (nSPS) is 11.6. The van der Waals surface area contributed by atoms with Gasteiger partial charge in [-0.15, -0.1) is 0 Å². The number of benzene rings is 3. The molecule has 1 aromatic heterocycles. The third-order valence-electron chi connectivity index (χ3n) is 6.66. The first-order valence-corrected chi connectivity index (χ1v) is 14.9. The van der Waals surface area contributed by atoms with Gasteiger partial charge >= 0.3 is 0 Å². The number of aromatic nitrogens is 1. The topological polar surface area (TPSA) is 93.0 Å². The van der Waals surface area contributed by atoms with Crippen LogP contribution in [-0.2, 0) is 14.8 Å². The number of carbonyl (C=O) groups is 1. The highest BCUT2D eigenvalue weighted by atomic mass is 32.2. The van der Waals surface area contributed by atoms with Gasteiger partial charge < -0.3 is 9.30 Å². The highest BCUT2D eigenvalue weighted by Gasteiger charge is 2.27. The van der Waals surface area contributed by atoms with Crippen molar-refractivity contribution in [3.8, 4) is 11.4 Å². The molecule has 0 bridgehead atoms. The fraction of sp³-hybridized carbons (Fsp3) is 0.250. The van der Waals surface area contributed by atoms with Crippen LogP contribution in [0.4, 0.5) is 5.69 Å². The number of rotatable bonds is 10. The van der Waals surface area contributed by atoms with Crippen molar-refractivity contribution in [3.05, 3.63) is 106 Å². The summed E-state index contributed by atoms with van der Waals surface area (Å²) < 4.78 is 36.0. The summed E-state index contributed by atoms with van der Waals surface area (Å²) in [6.07, 6.45) is 1.58. The molecule has 0 aliphatic carbocycles. The van der Waals surface area contributed by atoms with E-state index in [0.717, 1.165) is 32.5 Å². The average Bonchev–Trinajstić information content (AvgIpc) is 3.20. The molecule has 0 saturated heterocycles. The molecule has 0 saturated carbocycles. The molecule has 3 aromatic carbocycles. The number of hydrazone groups is 1. The molecule has 0 spiro atoms. The molecule has 8 nitrogen and oxygen atoms in total. The number of nitrogens with one attached hydrogen (secondary N) is 1. The highest BCUT2D eigenvalue weighted by Crippen LogP contribution is 2.26. The van der Waals surface area contributed by atoms with Crippen molar-refractivity contribution in [2.24, 2.45) is 5.10 Å². The zero-order chi connectivity index (χ0) is 29.7. The minimum Gasteiger partial charge on any atom is -0.494 e. The number of amides is 1. The van der Waals surface area contributed by atoms with Crippen LogP contribution in [0.5, 0.6) is 5.75 Å². The first-order valence-electron chi connectivity index (χ1n) is 13.4. The fourth-order valence-electron chi connectivity index (χ4n) is 4.76. The van der Waals surface area contributed by atoms with Gasteiger partial charge in [0.1, 0.15) is 12.3 Å². The Bertz CT molecular complexity index is 1650. The van der Waals surface area contributed by atoms with E-state index in [2.05, 4.69) is 47.1 Å². The summed E-state index contributed by atoms with van der Waals surface area (Å²) in [5.74, 6) is -0.00299. The van der Waals surface area contributed by atoms with Gasteiger partial charge in [-0.3, -0.25) is 9.10 Å². The molecule has 0 aliphatic rings. The zero-order valence-corrected chi connectivity index (χ0v) is 25.1. The maximum Gasteiger partial charge on any atom is 0.264 e. The Labute approximate surface area is 242 Å². The lowest BCUT2D eigenvalue weighted by Crippen LogP contribution is -2.39. The summed E-state index contributed by atoms with van der Waals surface area (Å²) in [6.45, 7) is 11.9. The first kappa shape index (κ1) is 29.6. The SMILES string of the molecule is CCOc1ccc(S(=O)(=O)N(CC(=O)N/N=C/c2cc(C)n(-c3cc(C)cc(C)c3)c2C)c2ccc(C)cc2)cc1. The zero-order valence-electron chi connectivity index (χ0n) is 24.3. The van der Waals surface area contributed by atoms with Crippen molar-refractivity contribution in [1.29, 1.82) is 0 Å². The Kier molecular flexibility index (Phi) is 8.98. The van der Waals surface area contributed by atoms with E-state index in [9.17, 15) is 13.2 Å². The summed E-state index contributed by atoms with van der Waals surface area (Å²) in [5, 5.41) is 4.16. The van der Waals surface area contributed by atoms with Gasteiger partial charge in [0.2, 0.25) is 0 Å². The van der Waals surface area contributed by atoms with E-state index < -0.39 is 22.5 Å².